The first-order chi connectivity index (χ1) is 8.63. The number of unbranched alkanes of at least 4 members (excludes halogenated alkanes) is 2. The SMILES string of the molecule is CCOC(=O)CCCCCN1CC(C)OCC1C. The van der Waals surface area contributed by atoms with Crippen molar-refractivity contribution in [3.8, 4) is 0 Å². The van der Waals surface area contributed by atoms with E-state index in [0.29, 0.717) is 25.2 Å². The molecule has 1 heterocycles. The highest BCUT2D eigenvalue weighted by atomic mass is 16.5. The molecule has 1 aliphatic rings. The minimum absolute atomic E-state index is 0.0640. The van der Waals surface area contributed by atoms with Crippen LogP contribution in [0.1, 0.15) is 46.5 Å². The van der Waals surface area contributed by atoms with Crippen molar-refractivity contribution in [1.82, 2.24) is 4.90 Å². The van der Waals surface area contributed by atoms with Crippen molar-refractivity contribution >= 4 is 5.97 Å². The molecule has 0 aromatic heterocycles. The van der Waals surface area contributed by atoms with Gasteiger partial charge in [-0.05, 0) is 40.2 Å². The van der Waals surface area contributed by atoms with E-state index in [9.17, 15) is 4.79 Å². The molecule has 1 aliphatic heterocycles. The fourth-order valence-corrected chi connectivity index (χ4v) is 2.28. The van der Waals surface area contributed by atoms with Crippen LogP contribution < -0.4 is 0 Å². The quantitative estimate of drug-likeness (QED) is 0.518. The van der Waals surface area contributed by atoms with Gasteiger partial charge in [-0.25, -0.2) is 0 Å². The first kappa shape index (κ1) is 15.4. The summed E-state index contributed by atoms with van der Waals surface area (Å²) < 4.78 is 10.5. The topological polar surface area (TPSA) is 38.8 Å². The van der Waals surface area contributed by atoms with Crippen molar-refractivity contribution in [2.75, 3.05) is 26.3 Å². The van der Waals surface area contributed by atoms with Gasteiger partial charge in [0.15, 0.2) is 0 Å². The van der Waals surface area contributed by atoms with Crippen LogP contribution >= 0.6 is 0 Å². The van der Waals surface area contributed by atoms with Crippen LogP contribution in [-0.4, -0.2) is 49.3 Å². The van der Waals surface area contributed by atoms with Gasteiger partial charge >= 0.3 is 5.97 Å². The van der Waals surface area contributed by atoms with E-state index in [0.717, 1.165) is 39.0 Å². The van der Waals surface area contributed by atoms with E-state index in [-0.39, 0.29) is 5.97 Å². The van der Waals surface area contributed by atoms with Gasteiger partial charge in [-0.1, -0.05) is 6.42 Å². The summed E-state index contributed by atoms with van der Waals surface area (Å²) in [5.74, 6) is -0.0640. The van der Waals surface area contributed by atoms with E-state index in [1.54, 1.807) is 0 Å². The molecule has 0 saturated carbocycles. The number of ether oxygens (including phenoxy) is 2. The standard InChI is InChI=1S/C14H27NO3/c1-4-17-14(16)8-6-5-7-9-15-10-13(3)18-11-12(15)2/h12-13H,4-11H2,1-3H3. The summed E-state index contributed by atoms with van der Waals surface area (Å²) in [5.41, 5.74) is 0. The minimum Gasteiger partial charge on any atom is -0.466 e. The number of carbonyl (C=O) groups excluding carboxylic acids is 1. The fraction of sp³-hybridized carbons (Fsp3) is 0.929. The Labute approximate surface area is 111 Å². The third-order valence-electron chi connectivity index (χ3n) is 3.37. The molecule has 2 atom stereocenters. The summed E-state index contributed by atoms with van der Waals surface area (Å²) in [6.45, 7) is 9.64. The Morgan fingerprint density at radius 1 is 1.33 bits per heavy atom. The minimum atomic E-state index is -0.0640. The Bertz CT molecular complexity index is 245. The Hall–Kier alpha value is -0.610. The van der Waals surface area contributed by atoms with Crippen molar-refractivity contribution < 1.29 is 14.3 Å². The number of hydrogen-bond donors (Lipinski definition) is 0. The van der Waals surface area contributed by atoms with Crippen LogP contribution in [0, 0.1) is 0 Å². The van der Waals surface area contributed by atoms with Crippen LogP contribution in [0.25, 0.3) is 0 Å². The highest BCUT2D eigenvalue weighted by Crippen LogP contribution is 2.13. The molecular formula is C14H27NO3. The van der Waals surface area contributed by atoms with E-state index in [2.05, 4.69) is 18.7 Å². The zero-order valence-electron chi connectivity index (χ0n) is 12.0. The van der Waals surface area contributed by atoms with Crippen molar-refractivity contribution in [3.05, 3.63) is 0 Å². The maximum atomic E-state index is 11.2. The third kappa shape index (κ3) is 5.83. The number of morpholine rings is 1. The van der Waals surface area contributed by atoms with Gasteiger partial charge in [0, 0.05) is 19.0 Å². The molecule has 106 valence electrons. The van der Waals surface area contributed by atoms with Crippen molar-refractivity contribution in [2.24, 2.45) is 0 Å². The molecule has 0 aromatic carbocycles. The molecule has 0 bridgehead atoms. The van der Waals surface area contributed by atoms with E-state index in [1.165, 1.54) is 0 Å². The second-order valence-corrected chi connectivity index (χ2v) is 5.10. The molecule has 4 heteroatoms. The lowest BCUT2D eigenvalue weighted by Crippen LogP contribution is -2.47. The molecule has 0 radical (unpaired) electrons. The van der Waals surface area contributed by atoms with Gasteiger partial charge in [0.05, 0.1) is 19.3 Å². The summed E-state index contributed by atoms with van der Waals surface area (Å²) in [7, 11) is 0. The third-order valence-corrected chi connectivity index (χ3v) is 3.37. The first-order valence-electron chi connectivity index (χ1n) is 7.14. The molecule has 1 fully saturated rings. The molecule has 0 spiro atoms. The number of nitrogens with zero attached hydrogens (tertiary/aromatic N) is 1. The average Bonchev–Trinajstić information content (AvgIpc) is 2.33. The molecule has 1 saturated heterocycles. The van der Waals surface area contributed by atoms with Gasteiger partial charge in [0.1, 0.15) is 0 Å². The summed E-state index contributed by atoms with van der Waals surface area (Å²) in [6.07, 6.45) is 4.09. The Morgan fingerprint density at radius 2 is 2.11 bits per heavy atom. The number of esters is 1. The normalized spacial score (nSPS) is 25.1. The summed E-state index contributed by atoms with van der Waals surface area (Å²) in [4.78, 5) is 13.6. The molecule has 4 nitrogen and oxygen atoms in total. The van der Waals surface area contributed by atoms with Gasteiger partial charge < -0.3 is 9.47 Å². The lowest BCUT2D eigenvalue weighted by atomic mass is 10.1. The van der Waals surface area contributed by atoms with Crippen LogP contribution in [0.4, 0.5) is 0 Å². The molecule has 1 rings (SSSR count). The summed E-state index contributed by atoms with van der Waals surface area (Å²) in [6, 6.07) is 0.520. The molecule has 0 N–H and O–H groups in total. The van der Waals surface area contributed by atoms with Gasteiger partial charge in [-0.2, -0.15) is 0 Å². The van der Waals surface area contributed by atoms with Crippen molar-refractivity contribution in [3.63, 3.8) is 0 Å². The molecular weight excluding hydrogens is 230 g/mol. The summed E-state index contributed by atoms with van der Waals surface area (Å²) >= 11 is 0. The maximum absolute atomic E-state index is 11.2. The molecule has 2 unspecified atom stereocenters. The Morgan fingerprint density at radius 3 is 2.83 bits per heavy atom. The number of rotatable bonds is 7. The number of hydrogen-bond acceptors (Lipinski definition) is 4. The first-order valence-corrected chi connectivity index (χ1v) is 7.14. The van der Waals surface area contributed by atoms with E-state index in [1.807, 2.05) is 6.92 Å². The average molecular weight is 257 g/mol. The second-order valence-electron chi connectivity index (χ2n) is 5.10. The van der Waals surface area contributed by atoms with Crippen molar-refractivity contribution in [1.29, 1.82) is 0 Å². The molecule has 0 amide bonds. The van der Waals surface area contributed by atoms with Crippen LogP contribution in [0.5, 0.6) is 0 Å². The molecule has 18 heavy (non-hydrogen) atoms. The monoisotopic (exact) mass is 257 g/mol. The van der Waals surface area contributed by atoms with Crippen molar-refractivity contribution in [2.45, 2.75) is 58.6 Å². The van der Waals surface area contributed by atoms with Gasteiger partial charge in [0.2, 0.25) is 0 Å². The predicted octanol–water partition coefficient (Wildman–Crippen LogP) is 2.22. The Kier molecular flexibility index (Phi) is 7.28. The van der Waals surface area contributed by atoms with Gasteiger partial charge in [-0.3, -0.25) is 9.69 Å². The number of carbonyl (C=O) groups is 1. The van der Waals surface area contributed by atoms with Gasteiger partial charge in [0.25, 0.3) is 0 Å². The smallest absolute Gasteiger partial charge is 0.305 e. The highest BCUT2D eigenvalue weighted by molar-refractivity contribution is 5.69. The predicted molar refractivity (Wildman–Crippen MR) is 71.6 cm³/mol. The lowest BCUT2D eigenvalue weighted by molar-refractivity contribution is -0.143. The maximum Gasteiger partial charge on any atom is 0.305 e. The molecule has 0 aliphatic carbocycles. The van der Waals surface area contributed by atoms with Crippen LogP contribution in [0.15, 0.2) is 0 Å². The van der Waals surface area contributed by atoms with E-state index < -0.39 is 0 Å². The summed E-state index contributed by atoms with van der Waals surface area (Å²) in [5, 5.41) is 0. The lowest BCUT2D eigenvalue weighted by Gasteiger charge is -2.36. The van der Waals surface area contributed by atoms with E-state index in [4.69, 9.17) is 9.47 Å². The second kappa shape index (κ2) is 8.48. The Balaban J connectivity index is 2.04. The van der Waals surface area contributed by atoms with Gasteiger partial charge in [-0.15, -0.1) is 0 Å². The fourth-order valence-electron chi connectivity index (χ4n) is 2.28. The van der Waals surface area contributed by atoms with Crippen LogP contribution in [-0.2, 0) is 14.3 Å². The van der Waals surface area contributed by atoms with Crippen LogP contribution in [0.3, 0.4) is 0 Å². The van der Waals surface area contributed by atoms with Crippen LogP contribution in [0.2, 0.25) is 0 Å². The molecule has 0 aromatic rings. The zero-order valence-corrected chi connectivity index (χ0v) is 12.0. The zero-order chi connectivity index (χ0) is 13.4. The largest absolute Gasteiger partial charge is 0.466 e. The highest BCUT2D eigenvalue weighted by Gasteiger charge is 2.22. The van der Waals surface area contributed by atoms with E-state index >= 15 is 0 Å².